The summed E-state index contributed by atoms with van der Waals surface area (Å²) in [5, 5.41) is 0. The molecule has 2 heterocycles. The monoisotopic (exact) mass is 480 g/mol. The Bertz CT molecular complexity index is 977. The van der Waals surface area contributed by atoms with E-state index in [1.165, 1.54) is 23.3 Å². The Kier molecular flexibility index (Phi) is 5.98. The highest BCUT2D eigenvalue weighted by Gasteiger charge is 2.56. The fraction of sp³-hybridized carbons (Fsp3) is 0.679. The van der Waals surface area contributed by atoms with Crippen molar-refractivity contribution < 1.29 is 14.4 Å². The number of benzene rings is 1. The molecule has 2 aliphatic heterocycles. The average molecular weight is 481 g/mol. The van der Waals surface area contributed by atoms with Gasteiger partial charge in [0.2, 0.25) is 11.8 Å². The summed E-state index contributed by atoms with van der Waals surface area (Å²) in [6, 6.07) is 10.9. The number of imide groups is 1. The zero-order chi connectivity index (χ0) is 25.0. The maximum atomic E-state index is 13.8. The Hall–Kier alpha value is -2.41. The predicted molar refractivity (Wildman–Crippen MR) is 135 cm³/mol. The molecule has 1 spiro atoms. The summed E-state index contributed by atoms with van der Waals surface area (Å²) in [5.74, 6) is 0.375. The molecule has 2 saturated heterocycles. The summed E-state index contributed by atoms with van der Waals surface area (Å²) in [7, 11) is 4.34. The standard InChI is InChI=1S/C28H40N4O3/c1-26(2,32-23(33)12-13-24(32)34)19-30-20-27(31(25(30)35)18-21-10-11-21)14-16-28(17-15-27,29(3)4)22-8-6-5-7-9-22/h5-9,21H,10-20H2,1-4H3/t27-,28-. The zero-order valence-corrected chi connectivity index (χ0v) is 21.8. The SMILES string of the molecule is CN(C)[C@]1(c2ccccc2)CC[C@@]2(CC1)CN(CC(C)(C)N1C(=O)CCC1=O)C(=O)N2CC1CC1. The Morgan fingerprint density at radius 3 is 2.09 bits per heavy atom. The third-order valence-corrected chi connectivity index (χ3v) is 9.11. The number of carbonyl (C=O) groups excluding carboxylic acids is 3. The molecule has 4 fully saturated rings. The van der Waals surface area contributed by atoms with Gasteiger partial charge < -0.3 is 9.80 Å². The van der Waals surface area contributed by atoms with Gasteiger partial charge in [0, 0.05) is 38.0 Å². The lowest BCUT2D eigenvalue weighted by Gasteiger charge is -2.51. The molecule has 1 aromatic carbocycles. The van der Waals surface area contributed by atoms with E-state index in [0.29, 0.717) is 19.0 Å². The molecule has 0 aromatic heterocycles. The van der Waals surface area contributed by atoms with Gasteiger partial charge >= 0.3 is 6.03 Å². The largest absolute Gasteiger partial charge is 0.320 e. The van der Waals surface area contributed by atoms with Crippen molar-refractivity contribution in [1.29, 1.82) is 0 Å². The summed E-state index contributed by atoms with van der Waals surface area (Å²) in [5.41, 5.74) is 0.440. The van der Waals surface area contributed by atoms with Crippen molar-refractivity contribution in [2.24, 2.45) is 5.92 Å². The lowest BCUT2D eigenvalue weighted by molar-refractivity contribution is -0.144. The number of carbonyl (C=O) groups is 3. The second-order valence-corrected chi connectivity index (χ2v) is 12.1. The summed E-state index contributed by atoms with van der Waals surface area (Å²) < 4.78 is 0. The molecule has 190 valence electrons. The van der Waals surface area contributed by atoms with Crippen LogP contribution in [0.2, 0.25) is 0 Å². The molecule has 5 rings (SSSR count). The molecule has 1 aromatic rings. The number of likely N-dealkylation sites (tertiary alicyclic amines) is 1. The molecule has 2 aliphatic carbocycles. The van der Waals surface area contributed by atoms with Gasteiger partial charge in [-0.15, -0.1) is 0 Å². The van der Waals surface area contributed by atoms with Crippen LogP contribution in [0.4, 0.5) is 4.79 Å². The minimum Gasteiger partial charge on any atom is -0.320 e. The van der Waals surface area contributed by atoms with E-state index in [2.05, 4.69) is 54.2 Å². The molecule has 0 radical (unpaired) electrons. The smallest absolute Gasteiger partial charge is 0.320 e. The normalized spacial score (nSPS) is 29.9. The average Bonchev–Trinajstić information content (AvgIpc) is 3.53. The van der Waals surface area contributed by atoms with Crippen molar-refractivity contribution in [3.05, 3.63) is 35.9 Å². The van der Waals surface area contributed by atoms with Crippen molar-refractivity contribution in [2.45, 2.75) is 81.8 Å². The van der Waals surface area contributed by atoms with Crippen LogP contribution < -0.4 is 0 Å². The summed E-state index contributed by atoms with van der Waals surface area (Å²) in [4.78, 5) is 46.6. The van der Waals surface area contributed by atoms with Crippen LogP contribution in [0.3, 0.4) is 0 Å². The minimum absolute atomic E-state index is 0.0259. The molecule has 4 aliphatic rings. The van der Waals surface area contributed by atoms with Gasteiger partial charge in [-0.3, -0.25) is 19.4 Å². The summed E-state index contributed by atoms with van der Waals surface area (Å²) in [6.07, 6.45) is 6.87. The minimum atomic E-state index is -0.705. The number of nitrogens with zero attached hydrogens (tertiary/aromatic N) is 4. The van der Waals surface area contributed by atoms with Crippen LogP contribution in [0.15, 0.2) is 30.3 Å². The van der Waals surface area contributed by atoms with Crippen molar-refractivity contribution >= 4 is 17.8 Å². The lowest BCUT2D eigenvalue weighted by atomic mass is 9.68. The highest BCUT2D eigenvalue weighted by molar-refractivity contribution is 6.02. The van der Waals surface area contributed by atoms with Crippen LogP contribution in [0.25, 0.3) is 0 Å². The third-order valence-electron chi connectivity index (χ3n) is 9.11. The second kappa shape index (κ2) is 8.61. The van der Waals surface area contributed by atoms with Crippen molar-refractivity contribution in [1.82, 2.24) is 19.6 Å². The van der Waals surface area contributed by atoms with Crippen molar-refractivity contribution in [3.63, 3.8) is 0 Å². The molecule has 0 atom stereocenters. The van der Waals surface area contributed by atoms with Gasteiger partial charge in [0.1, 0.15) is 0 Å². The van der Waals surface area contributed by atoms with E-state index in [1.807, 2.05) is 18.7 Å². The van der Waals surface area contributed by atoms with Crippen LogP contribution in [-0.4, -0.2) is 82.3 Å². The first-order valence-electron chi connectivity index (χ1n) is 13.2. The van der Waals surface area contributed by atoms with Gasteiger partial charge in [0.15, 0.2) is 0 Å². The molecule has 35 heavy (non-hydrogen) atoms. The lowest BCUT2D eigenvalue weighted by Crippen LogP contribution is -2.56. The number of amides is 4. The summed E-state index contributed by atoms with van der Waals surface area (Å²) >= 11 is 0. The number of hydrogen-bond donors (Lipinski definition) is 0. The van der Waals surface area contributed by atoms with Gasteiger partial charge in [-0.05, 0) is 77.9 Å². The molecule has 7 heteroatoms. The molecule has 0 N–H and O–H groups in total. The van der Waals surface area contributed by atoms with E-state index >= 15 is 0 Å². The van der Waals surface area contributed by atoms with Gasteiger partial charge in [0.05, 0.1) is 11.1 Å². The highest BCUT2D eigenvalue weighted by atomic mass is 16.2. The number of urea groups is 1. The van der Waals surface area contributed by atoms with Gasteiger partial charge in [-0.25, -0.2) is 4.79 Å². The van der Waals surface area contributed by atoms with Crippen LogP contribution in [0, 0.1) is 5.92 Å². The Morgan fingerprint density at radius 2 is 1.54 bits per heavy atom. The molecule has 0 bridgehead atoms. The van der Waals surface area contributed by atoms with Crippen LogP contribution in [0.5, 0.6) is 0 Å². The number of rotatable bonds is 7. The molecule has 2 saturated carbocycles. The third kappa shape index (κ3) is 4.15. The van der Waals surface area contributed by atoms with Gasteiger partial charge in [0.25, 0.3) is 0 Å². The molecule has 4 amide bonds. The number of hydrogen-bond acceptors (Lipinski definition) is 4. The van der Waals surface area contributed by atoms with E-state index in [9.17, 15) is 14.4 Å². The first-order chi connectivity index (χ1) is 16.6. The zero-order valence-electron chi connectivity index (χ0n) is 21.8. The first kappa shape index (κ1) is 24.3. The maximum Gasteiger partial charge on any atom is 0.320 e. The predicted octanol–water partition coefficient (Wildman–Crippen LogP) is 3.83. The molecular weight excluding hydrogens is 440 g/mol. The first-order valence-corrected chi connectivity index (χ1v) is 13.2. The second-order valence-electron chi connectivity index (χ2n) is 12.1. The van der Waals surface area contributed by atoms with E-state index < -0.39 is 5.54 Å². The van der Waals surface area contributed by atoms with E-state index in [-0.39, 0.29) is 41.8 Å². The van der Waals surface area contributed by atoms with Gasteiger partial charge in [-0.1, -0.05) is 30.3 Å². The Morgan fingerprint density at radius 1 is 0.943 bits per heavy atom. The molecule has 7 nitrogen and oxygen atoms in total. The summed E-state index contributed by atoms with van der Waals surface area (Å²) in [6.45, 7) is 5.74. The van der Waals surface area contributed by atoms with Crippen LogP contribution >= 0.6 is 0 Å². The fourth-order valence-electron chi connectivity index (χ4n) is 6.92. The van der Waals surface area contributed by atoms with E-state index in [1.54, 1.807) is 0 Å². The quantitative estimate of drug-likeness (QED) is 0.557. The molecule has 0 unspecified atom stereocenters. The van der Waals surface area contributed by atoms with E-state index in [0.717, 1.165) is 32.2 Å². The fourth-order valence-corrected chi connectivity index (χ4v) is 6.92. The maximum absolute atomic E-state index is 13.8. The molecular formula is C28H40N4O3. The van der Waals surface area contributed by atoms with Crippen LogP contribution in [0.1, 0.15) is 70.8 Å². The van der Waals surface area contributed by atoms with E-state index in [4.69, 9.17) is 0 Å². The topological polar surface area (TPSA) is 64.2 Å². The van der Waals surface area contributed by atoms with Gasteiger partial charge in [-0.2, -0.15) is 0 Å². The highest BCUT2D eigenvalue weighted by Crippen LogP contribution is 2.50. The van der Waals surface area contributed by atoms with Crippen molar-refractivity contribution in [2.75, 3.05) is 33.7 Å². The Balaban J connectivity index is 1.39. The van der Waals surface area contributed by atoms with Crippen molar-refractivity contribution in [3.8, 4) is 0 Å². The van der Waals surface area contributed by atoms with Crippen LogP contribution in [-0.2, 0) is 15.1 Å². The Labute approximate surface area is 209 Å².